The highest BCUT2D eigenvalue weighted by atomic mass is 32.2. The molecule has 5 rings (SSSR count). The molecule has 3 aliphatic heterocycles. The maximum atomic E-state index is 13.8. The van der Waals surface area contributed by atoms with Crippen LogP contribution in [0.4, 0.5) is 0 Å². The molecule has 1 fully saturated rings. The van der Waals surface area contributed by atoms with E-state index in [0.717, 1.165) is 5.56 Å². The zero-order chi connectivity index (χ0) is 31.2. The maximum Gasteiger partial charge on any atom is 0.338 e. The van der Waals surface area contributed by atoms with Crippen molar-refractivity contribution in [1.29, 1.82) is 0 Å². The number of fused-ring (bicyclic) bond motifs is 1. The number of hydrogen-bond donors (Lipinski definition) is 0. The minimum atomic E-state index is -0.717. The van der Waals surface area contributed by atoms with Gasteiger partial charge in [-0.25, -0.2) is 9.79 Å². The van der Waals surface area contributed by atoms with E-state index in [-0.39, 0.29) is 30.8 Å². The number of esters is 2. The normalized spacial score (nSPS) is 18.3. The minimum absolute atomic E-state index is 0.0627. The molecule has 11 heteroatoms. The fourth-order valence-electron chi connectivity index (χ4n) is 5.73. The fraction of sp³-hybridized carbons (Fsp3) is 0.394. The van der Waals surface area contributed by atoms with Gasteiger partial charge in [-0.2, -0.15) is 0 Å². The summed E-state index contributed by atoms with van der Waals surface area (Å²) in [6, 6.07) is 14.2. The maximum absolute atomic E-state index is 13.8. The van der Waals surface area contributed by atoms with E-state index in [9.17, 15) is 14.4 Å². The summed E-state index contributed by atoms with van der Waals surface area (Å²) in [7, 11) is 3.16. The highest BCUT2D eigenvalue weighted by molar-refractivity contribution is 8.16. The summed E-state index contributed by atoms with van der Waals surface area (Å²) in [4.78, 5) is 48.4. The van der Waals surface area contributed by atoms with Crippen LogP contribution in [0.15, 0.2) is 70.2 Å². The number of piperidine rings is 1. The molecular weight excluding hydrogens is 582 g/mol. The van der Waals surface area contributed by atoms with Crippen LogP contribution in [0.1, 0.15) is 50.3 Å². The van der Waals surface area contributed by atoms with Gasteiger partial charge in [0.15, 0.2) is 5.17 Å². The lowest BCUT2D eigenvalue weighted by Crippen LogP contribution is -2.42. The van der Waals surface area contributed by atoms with Crippen LogP contribution in [0.25, 0.3) is 5.70 Å². The van der Waals surface area contributed by atoms with Crippen molar-refractivity contribution in [1.82, 2.24) is 9.80 Å². The minimum Gasteiger partial charge on any atom is -0.497 e. The Bertz CT molecular complexity index is 1500. The van der Waals surface area contributed by atoms with Crippen LogP contribution in [0.3, 0.4) is 0 Å². The van der Waals surface area contributed by atoms with Crippen molar-refractivity contribution in [2.45, 2.75) is 39.2 Å². The van der Waals surface area contributed by atoms with Crippen LogP contribution < -0.4 is 9.47 Å². The molecule has 0 aliphatic carbocycles. The number of ether oxygens (including phenoxy) is 4. The summed E-state index contributed by atoms with van der Waals surface area (Å²) in [6.45, 7) is 5.03. The Hall–Kier alpha value is -4.25. The Morgan fingerprint density at radius 1 is 0.955 bits per heavy atom. The van der Waals surface area contributed by atoms with Crippen molar-refractivity contribution < 1.29 is 33.3 Å². The molecule has 0 bridgehead atoms. The molecule has 10 nitrogen and oxygen atoms in total. The van der Waals surface area contributed by atoms with Crippen LogP contribution in [0.2, 0.25) is 0 Å². The van der Waals surface area contributed by atoms with Crippen molar-refractivity contribution in [2.24, 2.45) is 10.9 Å². The van der Waals surface area contributed by atoms with Crippen LogP contribution in [0, 0.1) is 5.92 Å². The molecular formula is C33H37N3O7S. The van der Waals surface area contributed by atoms with E-state index in [4.69, 9.17) is 23.9 Å². The van der Waals surface area contributed by atoms with E-state index in [1.54, 1.807) is 45.1 Å². The molecule has 232 valence electrons. The second kappa shape index (κ2) is 14.0. The SMILES string of the molecule is CCOC(=O)C1=C(c2ccccc2)N=C2SC=C(CC(=O)N3CCC(C(=O)OCC)CC3)N2[C@@H]1c1cc(OC)ccc1OC. The van der Waals surface area contributed by atoms with E-state index in [0.29, 0.717) is 71.7 Å². The number of carbonyl (C=O) groups excluding carboxylic acids is 3. The number of amidine groups is 1. The Balaban J connectivity index is 1.53. The number of thioether (sulfide) groups is 1. The summed E-state index contributed by atoms with van der Waals surface area (Å²) in [5.74, 6) is 0.174. The summed E-state index contributed by atoms with van der Waals surface area (Å²) >= 11 is 1.40. The van der Waals surface area contributed by atoms with Gasteiger partial charge in [-0.15, -0.1) is 0 Å². The third-order valence-corrected chi connectivity index (χ3v) is 8.77. The van der Waals surface area contributed by atoms with Crippen molar-refractivity contribution in [2.75, 3.05) is 40.5 Å². The Kier molecular flexibility index (Phi) is 9.94. The van der Waals surface area contributed by atoms with Crippen molar-refractivity contribution >= 4 is 40.5 Å². The Morgan fingerprint density at radius 3 is 2.34 bits per heavy atom. The number of carbonyl (C=O) groups is 3. The zero-order valence-electron chi connectivity index (χ0n) is 25.4. The Morgan fingerprint density at radius 2 is 1.68 bits per heavy atom. The number of aliphatic imine (C=N–C) groups is 1. The molecule has 2 aromatic rings. The van der Waals surface area contributed by atoms with Crippen LogP contribution >= 0.6 is 11.8 Å². The molecule has 0 aromatic heterocycles. The first kappa shape index (κ1) is 31.2. The second-order valence-corrected chi connectivity index (χ2v) is 11.3. The molecule has 1 atom stereocenters. The van der Waals surface area contributed by atoms with Crippen LogP contribution in [-0.2, 0) is 23.9 Å². The summed E-state index contributed by atoms with van der Waals surface area (Å²) in [5, 5.41) is 2.55. The highest BCUT2D eigenvalue weighted by Gasteiger charge is 2.44. The van der Waals surface area contributed by atoms with Crippen LogP contribution in [-0.4, -0.2) is 73.3 Å². The summed E-state index contributed by atoms with van der Waals surface area (Å²) in [5.41, 5.74) is 2.98. The van der Waals surface area contributed by atoms with Gasteiger partial charge in [-0.05, 0) is 50.3 Å². The standard InChI is InChI=1S/C33H37N3O7S/c1-5-42-31(38)22-14-16-35(17-15-22)27(37)18-23-20-44-33-34-29(21-10-8-7-9-11-21)28(32(39)43-6-2)30(36(23)33)25-19-24(40-3)12-13-26(25)41-4/h7-13,19-20,22,30H,5-6,14-18H2,1-4H3/t30-/m1/s1. The lowest BCUT2D eigenvalue weighted by atomic mass is 9.90. The molecule has 2 aromatic carbocycles. The third-order valence-electron chi connectivity index (χ3n) is 7.88. The number of likely N-dealkylation sites (tertiary alicyclic amines) is 1. The van der Waals surface area contributed by atoms with E-state index < -0.39 is 12.0 Å². The molecule has 0 N–H and O–H groups in total. The van der Waals surface area contributed by atoms with Gasteiger partial charge in [-0.1, -0.05) is 42.1 Å². The monoisotopic (exact) mass is 619 g/mol. The van der Waals surface area contributed by atoms with Crippen molar-refractivity contribution in [3.63, 3.8) is 0 Å². The van der Waals surface area contributed by atoms with Gasteiger partial charge in [0.1, 0.15) is 11.5 Å². The quantitative estimate of drug-likeness (QED) is 0.333. The molecule has 1 amide bonds. The van der Waals surface area contributed by atoms with Crippen LogP contribution in [0.5, 0.6) is 11.5 Å². The van der Waals surface area contributed by atoms with Gasteiger partial charge in [0.25, 0.3) is 0 Å². The number of hydrogen-bond acceptors (Lipinski definition) is 10. The molecule has 1 saturated heterocycles. The smallest absolute Gasteiger partial charge is 0.338 e. The van der Waals surface area contributed by atoms with Gasteiger partial charge in [0.2, 0.25) is 5.91 Å². The number of rotatable bonds is 10. The predicted molar refractivity (Wildman–Crippen MR) is 168 cm³/mol. The summed E-state index contributed by atoms with van der Waals surface area (Å²) in [6.07, 6.45) is 1.22. The first-order chi connectivity index (χ1) is 21.4. The predicted octanol–water partition coefficient (Wildman–Crippen LogP) is 5.17. The molecule has 0 spiro atoms. The fourth-order valence-corrected chi connectivity index (χ4v) is 6.65. The molecule has 0 radical (unpaired) electrons. The lowest BCUT2D eigenvalue weighted by Gasteiger charge is -2.38. The van der Waals surface area contributed by atoms with Gasteiger partial charge in [0.05, 0.1) is 57.1 Å². The molecule has 3 aliphatic rings. The number of benzene rings is 2. The summed E-state index contributed by atoms with van der Waals surface area (Å²) < 4.78 is 22.2. The zero-order valence-corrected chi connectivity index (χ0v) is 26.2. The molecule has 3 heterocycles. The number of amides is 1. The average molecular weight is 620 g/mol. The van der Waals surface area contributed by atoms with E-state index in [1.807, 2.05) is 46.7 Å². The van der Waals surface area contributed by atoms with Crippen molar-refractivity contribution in [3.05, 3.63) is 76.3 Å². The third kappa shape index (κ3) is 6.33. The van der Waals surface area contributed by atoms with Gasteiger partial charge < -0.3 is 28.7 Å². The highest BCUT2D eigenvalue weighted by Crippen LogP contribution is 2.49. The second-order valence-electron chi connectivity index (χ2n) is 10.4. The van der Waals surface area contributed by atoms with E-state index >= 15 is 0 Å². The number of methoxy groups -OCH3 is 2. The van der Waals surface area contributed by atoms with Gasteiger partial charge in [-0.3, -0.25) is 9.59 Å². The Labute approximate surface area is 261 Å². The van der Waals surface area contributed by atoms with E-state index in [2.05, 4.69) is 0 Å². The van der Waals surface area contributed by atoms with E-state index in [1.165, 1.54) is 11.8 Å². The van der Waals surface area contributed by atoms with Crippen molar-refractivity contribution in [3.8, 4) is 11.5 Å². The first-order valence-electron chi connectivity index (χ1n) is 14.8. The average Bonchev–Trinajstić information content (AvgIpc) is 3.46. The molecule has 0 unspecified atom stereocenters. The topological polar surface area (TPSA) is 107 Å². The van der Waals surface area contributed by atoms with Gasteiger partial charge >= 0.3 is 11.9 Å². The molecule has 0 saturated carbocycles. The number of nitrogens with zero attached hydrogens (tertiary/aromatic N) is 3. The lowest BCUT2D eigenvalue weighted by molar-refractivity contribution is -0.151. The largest absolute Gasteiger partial charge is 0.497 e. The first-order valence-corrected chi connectivity index (χ1v) is 15.6. The molecule has 44 heavy (non-hydrogen) atoms. The van der Waals surface area contributed by atoms with Gasteiger partial charge in [0, 0.05) is 29.9 Å².